The van der Waals surface area contributed by atoms with Crippen molar-refractivity contribution in [3.05, 3.63) is 34.4 Å². The number of H-pyrrole nitrogens is 1. The molecule has 1 N–H and O–H groups in total. The van der Waals surface area contributed by atoms with Crippen molar-refractivity contribution >= 4 is 5.65 Å². The van der Waals surface area contributed by atoms with Gasteiger partial charge in [0.2, 0.25) is 0 Å². The summed E-state index contributed by atoms with van der Waals surface area (Å²) >= 11 is 0. The molecule has 0 radical (unpaired) electrons. The normalized spacial score (nSPS) is 12.2. The van der Waals surface area contributed by atoms with Gasteiger partial charge in [-0.3, -0.25) is 9.89 Å². The largest absolute Gasteiger partial charge is 0.268 e. The summed E-state index contributed by atoms with van der Waals surface area (Å²) in [5.41, 5.74) is 1.63. The molecule has 0 amide bonds. The summed E-state index contributed by atoms with van der Waals surface area (Å²) in [5, 5.41) is 2.68. The van der Waals surface area contributed by atoms with E-state index in [0.29, 0.717) is 0 Å². The van der Waals surface area contributed by atoms with Crippen LogP contribution in [0, 0.1) is 0 Å². The van der Waals surface area contributed by atoms with Crippen molar-refractivity contribution in [3.8, 4) is 0 Å². The fourth-order valence-corrected chi connectivity index (χ4v) is 1.27. The Kier molecular flexibility index (Phi) is 1.74. The zero-order chi connectivity index (χ0) is 10.3. The second-order valence-corrected chi connectivity index (χ2v) is 4.41. The highest BCUT2D eigenvalue weighted by atomic mass is 16.1. The van der Waals surface area contributed by atoms with Crippen molar-refractivity contribution in [1.29, 1.82) is 0 Å². The van der Waals surface area contributed by atoms with E-state index in [1.54, 1.807) is 10.6 Å². The van der Waals surface area contributed by atoms with Crippen LogP contribution in [-0.4, -0.2) is 14.6 Å². The maximum atomic E-state index is 11.0. The van der Waals surface area contributed by atoms with Gasteiger partial charge >= 0.3 is 0 Å². The average Bonchev–Trinajstić information content (AvgIpc) is 2.45. The number of nitrogens with one attached hydrogen (secondary N) is 1. The lowest BCUT2D eigenvalue weighted by molar-refractivity contribution is 0.572. The number of nitrogens with zero attached hydrogens (tertiary/aromatic N) is 2. The first-order valence-corrected chi connectivity index (χ1v) is 4.56. The summed E-state index contributed by atoms with van der Waals surface area (Å²) in [5.74, 6) is 0. The lowest BCUT2D eigenvalue weighted by atomic mass is 9.93. The molecule has 4 nitrogen and oxygen atoms in total. The first-order valence-electron chi connectivity index (χ1n) is 4.56. The van der Waals surface area contributed by atoms with Gasteiger partial charge in [-0.2, -0.15) is 0 Å². The van der Waals surface area contributed by atoms with Crippen LogP contribution in [0.3, 0.4) is 0 Å². The minimum atomic E-state index is -0.115. The SMILES string of the molecule is CC(C)(C)c1cn2[nH]c(=O)ccc2n1. The smallest absolute Gasteiger partial charge is 0.262 e. The average molecular weight is 191 g/mol. The van der Waals surface area contributed by atoms with Gasteiger partial charge in [0.15, 0.2) is 5.65 Å². The van der Waals surface area contributed by atoms with Crippen molar-refractivity contribution in [1.82, 2.24) is 14.6 Å². The second kappa shape index (κ2) is 2.70. The second-order valence-electron chi connectivity index (χ2n) is 4.41. The molecule has 14 heavy (non-hydrogen) atoms. The predicted molar refractivity (Wildman–Crippen MR) is 54.5 cm³/mol. The topological polar surface area (TPSA) is 50.2 Å². The number of fused-ring (bicyclic) bond motifs is 1. The van der Waals surface area contributed by atoms with Crippen LogP contribution < -0.4 is 5.56 Å². The summed E-state index contributed by atoms with van der Waals surface area (Å²) in [7, 11) is 0. The molecule has 0 spiro atoms. The van der Waals surface area contributed by atoms with Gasteiger partial charge in [0.1, 0.15) is 0 Å². The molecule has 0 aromatic carbocycles. The van der Waals surface area contributed by atoms with Gasteiger partial charge in [0.25, 0.3) is 5.56 Å². The Hall–Kier alpha value is -1.58. The standard InChI is InChI=1S/C10H13N3O/c1-10(2,3)7-6-13-8(11-7)4-5-9(14)12-13/h4-6H,1-3H3,(H,12,14). The molecular weight excluding hydrogens is 178 g/mol. The third-order valence-electron chi connectivity index (χ3n) is 2.12. The third kappa shape index (κ3) is 1.43. The molecule has 0 aliphatic heterocycles. The maximum Gasteiger partial charge on any atom is 0.262 e. The van der Waals surface area contributed by atoms with Crippen molar-refractivity contribution in [2.45, 2.75) is 26.2 Å². The van der Waals surface area contributed by atoms with E-state index >= 15 is 0 Å². The number of aromatic amines is 1. The van der Waals surface area contributed by atoms with Gasteiger partial charge in [-0.25, -0.2) is 9.50 Å². The monoisotopic (exact) mass is 191 g/mol. The Morgan fingerprint density at radius 1 is 1.36 bits per heavy atom. The summed E-state index contributed by atoms with van der Waals surface area (Å²) in [6.07, 6.45) is 1.86. The van der Waals surface area contributed by atoms with E-state index in [-0.39, 0.29) is 11.0 Å². The van der Waals surface area contributed by atoms with Crippen molar-refractivity contribution < 1.29 is 0 Å². The van der Waals surface area contributed by atoms with Crippen LogP contribution in [0.5, 0.6) is 0 Å². The van der Waals surface area contributed by atoms with Gasteiger partial charge in [-0.1, -0.05) is 20.8 Å². The van der Waals surface area contributed by atoms with Crippen LogP contribution >= 0.6 is 0 Å². The van der Waals surface area contributed by atoms with Crippen LogP contribution in [0.15, 0.2) is 23.1 Å². The van der Waals surface area contributed by atoms with Gasteiger partial charge in [0.05, 0.1) is 11.9 Å². The summed E-state index contributed by atoms with van der Waals surface area (Å²) in [4.78, 5) is 15.5. The lowest BCUT2D eigenvalue weighted by Gasteiger charge is -2.13. The molecule has 0 aliphatic carbocycles. The Morgan fingerprint density at radius 2 is 2.07 bits per heavy atom. The number of hydrogen-bond donors (Lipinski definition) is 1. The van der Waals surface area contributed by atoms with E-state index in [4.69, 9.17) is 0 Å². The summed E-state index contributed by atoms with van der Waals surface area (Å²) in [6.45, 7) is 6.27. The number of hydrogen-bond acceptors (Lipinski definition) is 2. The van der Waals surface area contributed by atoms with E-state index in [1.807, 2.05) is 6.20 Å². The maximum absolute atomic E-state index is 11.0. The van der Waals surface area contributed by atoms with Crippen LogP contribution in [0.1, 0.15) is 26.5 Å². The molecule has 4 heteroatoms. The van der Waals surface area contributed by atoms with E-state index in [2.05, 4.69) is 30.9 Å². The zero-order valence-corrected chi connectivity index (χ0v) is 8.53. The fraction of sp³-hybridized carbons (Fsp3) is 0.400. The number of imidazole rings is 1. The highest BCUT2D eigenvalue weighted by Crippen LogP contribution is 2.20. The summed E-state index contributed by atoms with van der Waals surface area (Å²) in [6, 6.07) is 3.20. The van der Waals surface area contributed by atoms with E-state index < -0.39 is 0 Å². The minimum Gasteiger partial charge on any atom is -0.268 e. The van der Waals surface area contributed by atoms with Gasteiger partial charge in [-0.05, 0) is 6.07 Å². The first-order chi connectivity index (χ1) is 6.47. The van der Waals surface area contributed by atoms with Crippen LogP contribution in [0.25, 0.3) is 5.65 Å². The van der Waals surface area contributed by atoms with Crippen molar-refractivity contribution in [2.75, 3.05) is 0 Å². The Bertz CT molecular complexity index is 516. The molecular formula is C10H13N3O. The number of rotatable bonds is 0. The van der Waals surface area contributed by atoms with Crippen LogP contribution in [0.2, 0.25) is 0 Å². The highest BCUT2D eigenvalue weighted by Gasteiger charge is 2.17. The molecule has 0 saturated heterocycles. The van der Waals surface area contributed by atoms with Crippen molar-refractivity contribution in [3.63, 3.8) is 0 Å². The molecule has 0 unspecified atom stereocenters. The Balaban J connectivity index is 2.69. The van der Waals surface area contributed by atoms with Gasteiger partial charge in [-0.15, -0.1) is 0 Å². The van der Waals surface area contributed by atoms with Gasteiger partial charge in [0, 0.05) is 11.5 Å². The molecule has 2 rings (SSSR count). The molecule has 0 aliphatic rings. The third-order valence-corrected chi connectivity index (χ3v) is 2.12. The minimum absolute atomic E-state index is 0.00288. The fourth-order valence-electron chi connectivity index (χ4n) is 1.27. The molecule has 0 atom stereocenters. The molecule has 0 bridgehead atoms. The first kappa shape index (κ1) is 8.99. The van der Waals surface area contributed by atoms with Gasteiger partial charge < -0.3 is 0 Å². The van der Waals surface area contributed by atoms with E-state index in [9.17, 15) is 4.79 Å². The molecule has 74 valence electrons. The predicted octanol–water partition coefficient (Wildman–Crippen LogP) is 1.32. The number of aromatic nitrogens is 3. The summed E-state index contributed by atoms with van der Waals surface area (Å²) < 4.78 is 1.66. The lowest BCUT2D eigenvalue weighted by Crippen LogP contribution is -2.11. The molecule has 2 heterocycles. The van der Waals surface area contributed by atoms with Crippen LogP contribution in [-0.2, 0) is 5.41 Å². The molecule has 2 aromatic heterocycles. The highest BCUT2D eigenvalue weighted by molar-refractivity contribution is 5.38. The Labute approximate surface area is 81.6 Å². The molecule has 0 fully saturated rings. The van der Waals surface area contributed by atoms with E-state index in [1.165, 1.54) is 6.07 Å². The Morgan fingerprint density at radius 3 is 2.71 bits per heavy atom. The van der Waals surface area contributed by atoms with Crippen molar-refractivity contribution in [2.24, 2.45) is 0 Å². The molecule has 2 aromatic rings. The van der Waals surface area contributed by atoms with Crippen LogP contribution in [0.4, 0.5) is 0 Å². The van der Waals surface area contributed by atoms with E-state index in [0.717, 1.165) is 11.3 Å². The molecule has 0 saturated carbocycles. The quantitative estimate of drug-likeness (QED) is 0.682. The zero-order valence-electron chi connectivity index (χ0n) is 8.53.